The SMILES string of the molecule is c1ccc(-c2cccc(-c3nc(-c4ccccc4)nc(-c4ccc(CN5c6ccccc6Sc6ccccc65)cc4)n3)n2)cc1. The number of rotatable bonds is 6. The maximum Gasteiger partial charge on any atom is 0.182 e. The molecule has 45 heavy (non-hydrogen) atoms. The van der Waals surface area contributed by atoms with Crippen molar-refractivity contribution in [2.45, 2.75) is 16.3 Å². The van der Waals surface area contributed by atoms with Crippen LogP contribution in [-0.2, 0) is 6.54 Å². The van der Waals surface area contributed by atoms with Crippen LogP contribution in [0.4, 0.5) is 11.4 Å². The minimum absolute atomic E-state index is 0.541. The van der Waals surface area contributed by atoms with Gasteiger partial charge in [0.15, 0.2) is 17.5 Å². The fourth-order valence-electron chi connectivity index (χ4n) is 5.56. The number of benzene rings is 5. The van der Waals surface area contributed by atoms with Crippen LogP contribution in [0.1, 0.15) is 5.56 Å². The maximum atomic E-state index is 4.94. The molecule has 0 spiro atoms. The molecule has 7 aromatic rings. The molecule has 0 atom stereocenters. The number of pyridine rings is 1. The van der Waals surface area contributed by atoms with Gasteiger partial charge in [0.05, 0.1) is 17.1 Å². The molecule has 0 aliphatic carbocycles. The van der Waals surface area contributed by atoms with Crippen LogP contribution in [0.3, 0.4) is 0 Å². The first-order chi connectivity index (χ1) is 22.3. The third kappa shape index (κ3) is 5.48. The van der Waals surface area contributed by atoms with E-state index in [-0.39, 0.29) is 0 Å². The zero-order valence-corrected chi connectivity index (χ0v) is 25.1. The lowest BCUT2D eigenvalue weighted by atomic mass is 10.1. The number of para-hydroxylation sites is 2. The summed E-state index contributed by atoms with van der Waals surface area (Å²) < 4.78 is 0. The summed E-state index contributed by atoms with van der Waals surface area (Å²) in [5.74, 6) is 1.77. The van der Waals surface area contributed by atoms with Crippen molar-refractivity contribution in [3.8, 4) is 45.6 Å². The van der Waals surface area contributed by atoms with Crippen LogP contribution in [-0.4, -0.2) is 19.9 Å². The number of aromatic nitrogens is 4. The van der Waals surface area contributed by atoms with Crippen LogP contribution in [0, 0.1) is 0 Å². The Kier molecular flexibility index (Phi) is 7.10. The summed E-state index contributed by atoms with van der Waals surface area (Å²) in [5.41, 5.74) is 8.13. The van der Waals surface area contributed by atoms with Crippen molar-refractivity contribution in [2.75, 3.05) is 4.90 Å². The number of hydrogen-bond donors (Lipinski definition) is 0. The van der Waals surface area contributed by atoms with E-state index >= 15 is 0 Å². The lowest BCUT2D eigenvalue weighted by Crippen LogP contribution is -2.20. The summed E-state index contributed by atoms with van der Waals surface area (Å²) in [6.45, 7) is 0.753. The van der Waals surface area contributed by atoms with Crippen molar-refractivity contribution in [3.63, 3.8) is 0 Å². The molecule has 1 aliphatic rings. The molecule has 0 saturated heterocycles. The highest BCUT2D eigenvalue weighted by Gasteiger charge is 2.23. The third-order valence-corrected chi connectivity index (χ3v) is 8.93. The zero-order valence-electron chi connectivity index (χ0n) is 24.3. The Morgan fingerprint density at radius 1 is 0.400 bits per heavy atom. The van der Waals surface area contributed by atoms with E-state index in [1.165, 1.54) is 26.7 Å². The van der Waals surface area contributed by atoms with E-state index in [0.29, 0.717) is 23.2 Å². The molecule has 2 aromatic heterocycles. The van der Waals surface area contributed by atoms with E-state index in [0.717, 1.165) is 28.9 Å². The van der Waals surface area contributed by atoms with Crippen LogP contribution >= 0.6 is 11.8 Å². The maximum absolute atomic E-state index is 4.94. The second kappa shape index (κ2) is 11.8. The van der Waals surface area contributed by atoms with Gasteiger partial charge in [-0.15, -0.1) is 0 Å². The van der Waals surface area contributed by atoms with E-state index in [1.54, 1.807) is 0 Å². The molecule has 0 fully saturated rings. The highest BCUT2D eigenvalue weighted by Crippen LogP contribution is 2.48. The smallest absolute Gasteiger partial charge is 0.182 e. The van der Waals surface area contributed by atoms with Crippen molar-refractivity contribution in [1.82, 2.24) is 19.9 Å². The summed E-state index contributed by atoms with van der Waals surface area (Å²) >= 11 is 1.83. The van der Waals surface area contributed by atoms with E-state index < -0.39 is 0 Å². The number of nitrogens with zero attached hydrogens (tertiary/aromatic N) is 5. The Morgan fingerprint density at radius 2 is 0.911 bits per heavy atom. The van der Waals surface area contributed by atoms with Crippen LogP contribution in [0.25, 0.3) is 45.6 Å². The molecule has 8 rings (SSSR count). The summed E-state index contributed by atoms with van der Waals surface area (Å²) in [5, 5.41) is 0. The second-order valence-electron chi connectivity index (χ2n) is 10.8. The molecule has 0 bridgehead atoms. The average molecular weight is 598 g/mol. The van der Waals surface area contributed by atoms with Gasteiger partial charge in [-0.25, -0.2) is 19.9 Å². The van der Waals surface area contributed by atoms with Crippen molar-refractivity contribution >= 4 is 23.1 Å². The molecule has 5 aromatic carbocycles. The van der Waals surface area contributed by atoms with E-state index in [4.69, 9.17) is 19.9 Å². The van der Waals surface area contributed by atoms with Gasteiger partial charge >= 0.3 is 0 Å². The van der Waals surface area contributed by atoms with Gasteiger partial charge in [0.25, 0.3) is 0 Å². The Bertz CT molecular complexity index is 2070. The molecule has 214 valence electrons. The topological polar surface area (TPSA) is 54.8 Å². The molecule has 3 heterocycles. The second-order valence-corrected chi connectivity index (χ2v) is 11.9. The normalized spacial score (nSPS) is 12.0. The molecule has 1 aliphatic heterocycles. The first-order valence-electron chi connectivity index (χ1n) is 14.9. The molecule has 6 heteroatoms. The Labute approximate surface area is 266 Å². The first kappa shape index (κ1) is 27.0. The molecule has 5 nitrogen and oxygen atoms in total. The summed E-state index contributed by atoms with van der Waals surface area (Å²) in [6.07, 6.45) is 0. The van der Waals surface area contributed by atoms with Crippen molar-refractivity contribution in [1.29, 1.82) is 0 Å². The van der Waals surface area contributed by atoms with Gasteiger partial charge in [0, 0.05) is 33.0 Å². The Balaban J connectivity index is 1.16. The standard InChI is InChI=1S/C39H27N5S/c1-3-12-28(13-4-1)31-16-11-17-32(40-31)39-42-37(29-14-5-2-6-15-29)41-38(43-39)30-24-22-27(23-25-30)26-44-33-18-7-9-20-35(33)45-36-21-10-8-19-34(36)44/h1-25H,26H2. The lowest BCUT2D eigenvalue weighted by Gasteiger charge is -2.32. The predicted molar refractivity (Wildman–Crippen MR) is 182 cm³/mol. The van der Waals surface area contributed by atoms with Gasteiger partial charge in [-0.05, 0) is 42.0 Å². The third-order valence-electron chi connectivity index (χ3n) is 7.80. The Hall–Kier alpha value is -5.59. The number of fused-ring (bicyclic) bond motifs is 2. The minimum atomic E-state index is 0.541. The molecule has 0 radical (unpaired) electrons. The van der Waals surface area contributed by atoms with Gasteiger partial charge in [-0.2, -0.15) is 0 Å². The quantitative estimate of drug-likeness (QED) is 0.190. The largest absolute Gasteiger partial charge is 0.335 e. The van der Waals surface area contributed by atoms with E-state index in [2.05, 4.69) is 89.8 Å². The van der Waals surface area contributed by atoms with Crippen molar-refractivity contribution in [3.05, 3.63) is 157 Å². The molecule has 0 N–H and O–H groups in total. The fraction of sp³-hybridized carbons (Fsp3) is 0.0256. The van der Waals surface area contributed by atoms with Gasteiger partial charge in [-0.3, -0.25) is 0 Å². The molecular weight excluding hydrogens is 571 g/mol. The van der Waals surface area contributed by atoms with Gasteiger partial charge in [0.1, 0.15) is 5.69 Å². The average Bonchev–Trinajstić information content (AvgIpc) is 3.12. The van der Waals surface area contributed by atoms with Crippen LogP contribution < -0.4 is 4.90 Å². The van der Waals surface area contributed by atoms with Crippen LogP contribution in [0.2, 0.25) is 0 Å². The van der Waals surface area contributed by atoms with Gasteiger partial charge < -0.3 is 4.90 Å². The monoisotopic (exact) mass is 597 g/mol. The molecule has 0 saturated carbocycles. The minimum Gasteiger partial charge on any atom is -0.335 e. The summed E-state index contributed by atoms with van der Waals surface area (Å²) in [7, 11) is 0. The molecule has 0 unspecified atom stereocenters. The highest BCUT2D eigenvalue weighted by molar-refractivity contribution is 7.99. The van der Waals surface area contributed by atoms with Crippen molar-refractivity contribution < 1.29 is 0 Å². The van der Waals surface area contributed by atoms with E-state index in [9.17, 15) is 0 Å². The summed E-state index contributed by atoms with van der Waals surface area (Å²) in [4.78, 5) is 24.6. The summed E-state index contributed by atoms with van der Waals surface area (Å²) in [6, 6.07) is 51.9. The lowest BCUT2D eigenvalue weighted by molar-refractivity contribution is 0.938. The van der Waals surface area contributed by atoms with E-state index in [1.807, 2.05) is 78.5 Å². The van der Waals surface area contributed by atoms with Gasteiger partial charge in [-0.1, -0.05) is 127 Å². The fourth-order valence-corrected chi connectivity index (χ4v) is 6.65. The zero-order chi connectivity index (χ0) is 30.0. The number of hydrogen-bond acceptors (Lipinski definition) is 6. The van der Waals surface area contributed by atoms with Crippen LogP contribution in [0.15, 0.2) is 161 Å². The van der Waals surface area contributed by atoms with Crippen LogP contribution in [0.5, 0.6) is 0 Å². The van der Waals surface area contributed by atoms with Gasteiger partial charge in [0.2, 0.25) is 0 Å². The predicted octanol–water partition coefficient (Wildman–Crippen LogP) is 9.74. The molecule has 0 amide bonds. The number of anilines is 2. The highest BCUT2D eigenvalue weighted by atomic mass is 32.2. The first-order valence-corrected chi connectivity index (χ1v) is 15.7. The van der Waals surface area contributed by atoms with Crippen molar-refractivity contribution in [2.24, 2.45) is 0 Å². The molecular formula is C39H27N5S. The Morgan fingerprint density at radius 3 is 1.56 bits per heavy atom.